The van der Waals surface area contributed by atoms with Crippen molar-refractivity contribution in [2.24, 2.45) is 0 Å². The number of piperazine rings is 1. The van der Waals surface area contributed by atoms with Gasteiger partial charge in [-0.25, -0.2) is 13.4 Å². The van der Waals surface area contributed by atoms with Crippen LogP contribution in [0.3, 0.4) is 0 Å². The van der Waals surface area contributed by atoms with Crippen molar-refractivity contribution in [2.75, 3.05) is 26.2 Å². The standard InChI is InChI=1S/C21H22N4O5S2/c1-15(26)16-2-4-17(5-3-16)32(29,30)25-11-9-23(10-12-25)19(27)6-8-24-14-22-20-18(21(24)28)7-13-31-20/h2-5,7,13-14H,6,8-12H2,1H3. The monoisotopic (exact) mass is 474 g/mol. The highest BCUT2D eigenvalue weighted by Gasteiger charge is 2.30. The maximum absolute atomic E-state index is 12.9. The Morgan fingerprint density at radius 2 is 1.75 bits per heavy atom. The minimum atomic E-state index is -3.70. The van der Waals surface area contributed by atoms with Crippen LogP contribution in [-0.2, 0) is 21.4 Å². The zero-order valence-corrected chi connectivity index (χ0v) is 19.1. The average molecular weight is 475 g/mol. The van der Waals surface area contributed by atoms with Crippen molar-refractivity contribution < 1.29 is 18.0 Å². The number of benzene rings is 1. The van der Waals surface area contributed by atoms with Crippen molar-refractivity contribution in [1.29, 1.82) is 0 Å². The van der Waals surface area contributed by atoms with Gasteiger partial charge in [-0.3, -0.25) is 19.0 Å². The van der Waals surface area contributed by atoms with Crippen LogP contribution in [0.15, 0.2) is 51.7 Å². The van der Waals surface area contributed by atoms with E-state index in [1.54, 1.807) is 16.3 Å². The van der Waals surface area contributed by atoms with Crippen LogP contribution in [0, 0.1) is 0 Å². The van der Waals surface area contributed by atoms with Gasteiger partial charge >= 0.3 is 0 Å². The van der Waals surface area contributed by atoms with Gasteiger partial charge in [-0.2, -0.15) is 4.31 Å². The van der Waals surface area contributed by atoms with E-state index in [0.717, 1.165) is 0 Å². The molecule has 0 unspecified atom stereocenters. The number of ketones is 1. The fourth-order valence-electron chi connectivity index (χ4n) is 3.62. The van der Waals surface area contributed by atoms with Gasteiger partial charge in [0, 0.05) is 44.7 Å². The number of amides is 1. The lowest BCUT2D eigenvalue weighted by atomic mass is 10.2. The third-order valence-corrected chi connectivity index (χ3v) is 8.24. The number of carbonyl (C=O) groups is 2. The number of aromatic nitrogens is 2. The molecule has 0 saturated carbocycles. The van der Waals surface area contributed by atoms with Crippen LogP contribution < -0.4 is 5.56 Å². The molecule has 1 aliphatic heterocycles. The van der Waals surface area contributed by atoms with Crippen LogP contribution in [0.25, 0.3) is 10.2 Å². The Balaban J connectivity index is 1.35. The second kappa shape index (κ2) is 8.93. The van der Waals surface area contributed by atoms with E-state index >= 15 is 0 Å². The van der Waals surface area contributed by atoms with Crippen LogP contribution in [0.2, 0.25) is 0 Å². The topological polar surface area (TPSA) is 110 Å². The van der Waals surface area contributed by atoms with Gasteiger partial charge in [-0.1, -0.05) is 12.1 Å². The first kappa shape index (κ1) is 22.3. The van der Waals surface area contributed by atoms with Gasteiger partial charge in [0.1, 0.15) is 4.83 Å². The molecule has 1 fully saturated rings. The third-order valence-electron chi connectivity index (χ3n) is 5.51. The fourth-order valence-corrected chi connectivity index (χ4v) is 5.76. The summed E-state index contributed by atoms with van der Waals surface area (Å²) in [6.07, 6.45) is 1.59. The average Bonchev–Trinajstić information content (AvgIpc) is 3.28. The van der Waals surface area contributed by atoms with Gasteiger partial charge in [0.05, 0.1) is 16.6 Å². The number of carbonyl (C=O) groups excluding carboxylic acids is 2. The second-order valence-electron chi connectivity index (χ2n) is 7.50. The van der Waals surface area contributed by atoms with E-state index in [4.69, 9.17) is 0 Å². The number of thiophene rings is 1. The summed E-state index contributed by atoms with van der Waals surface area (Å²) in [5.41, 5.74) is 0.280. The number of rotatable bonds is 6. The SMILES string of the molecule is CC(=O)c1ccc(S(=O)(=O)N2CCN(C(=O)CCn3cnc4sccc4c3=O)CC2)cc1. The largest absolute Gasteiger partial charge is 0.340 e. The lowest BCUT2D eigenvalue weighted by molar-refractivity contribution is -0.132. The molecule has 11 heteroatoms. The third kappa shape index (κ3) is 4.36. The number of aryl methyl sites for hydroxylation is 1. The lowest BCUT2D eigenvalue weighted by Crippen LogP contribution is -2.50. The zero-order valence-electron chi connectivity index (χ0n) is 17.4. The van der Waals surface area contributed by atoms with E-state index < -0.39 is 10.0 Å². The normalized spacial score (nSPS) is 15.2. The molecule has 9 nitrogen and oxygen atoms in total. The van der Waals surface area contributed by atoms with Gasteiger partial charge in [-0.05, 0) is 30.5 Å². The molecular weight excluding hydrogens is 452 g/mol. The number of fused-ring (bicyclic) bond motifs is 1. The number of Topliss-reactive ketones (excluding diaryl/α,β-unsaturated/α-hetero) is 1. The van der Waals surface area contributed by atoms with Crippen LogP contribution >= 0.6 is 11.3 Å². The summed E-state index contributed by atoms with van der Waals surface area (Å²) in [5.74, 6) is -0.264. The van der Waals surface area contributed by atoms with Gasteiger partial charge in [0.15, 0.2) is 5.78 Å². The van der Waals surface area contributed by atoms with E-state index in [0.29, 0.717) is 15.8 Å². The Labute approximate surface area is 189 Å². The van der Waals surface area contributed by atoms with E-state index in [2.05, 4.69) is 4.98 Å². The summed E-state index contributed by atoms with van der Waals surface area (Å²) in [6.45, 7) is 2.57. The van der Waals surface area contributed by atoms with Gasteiger partial charge in [0.2, 0.25) is 15.9 Å². The Kier molecular flexibility index (Phi) is 6.22. The maximum Gasteiger partial charge on any atom is 0.262 e. The van der Waals surface area contributed by atoms with Gasteiger partial charge in [-0.15, -0.1) is 11.3 Å². The van der Waals surface area contributed by atoms with E-state index in [9.17, 15) is 22.8 Å². The number of hydrogen-bond acceptors (Lipinski definition) is 7. The van der Waals surface area contributed by atoms with E-state index in [1.807, 2.05) is 0 Å². The minimum absolute atomic E-state index is 0.123. The highest BCUT2D eigenvalue weighted by atomic mass is 32.2. The molecule has 0 spiro atoms. The molecule has 3 aromatic rings. The molecule has 1 saturated heterocycles. The summed E-state index contributed by atoms with van der Waals surface area (Å²) in [7, 11) is -3.70. The number of hydrogen-bond donors (Lipinski definition) is 0. The number of nitrogens with zero attached hydrogens (tertiary/aromatic N) is 4. The van der Waals surface area contributed by atoms with Crippen LogP contribution in [0.1, 0.15) is 23.7 Å². The molecule has 2 aromatic heterocycles. The first-order valence-corrected chi connectivity index (χ1v) is 12.4. The number of sulfonamides is 1. The van der Waals surface area contributed by atoms with Gasteiger partial charge in [0.25, 0.3) is 5.56 Å². The molecule has 1 amide bonds. The molecule has 1 aliphatic rings. The highest BCUT2D eigenvalue weighted by Crippen LogP contribution is 2.19. The first-order valence-electron chi connectivity index (χ1n) is 10.1. The van der Waals surface area contributed by atoms with Crippen LogP contribution in [-0.4, -0.2) is 65.0 Å². The molecule has 0 radical (unpaired) electrons. The van der Waals surface area contributed by atoms with Crippen molar-refractivity contribution in [1.82, 2.24) is 18.8 Å². The Bertz CT molecular complexity index is 1320. The zero-order chi connectivity index (χ0) is 22.9. The molecule has 32 heavy (non-hydrogen) atoms. The molecule has 0 bridgehead atoms. The molecule has 168 valence electrons. The highest BCUT2D eigenvalue weighted by molar-refractivity contribution is 7.89. The Hall–Kier alpha value is -2.89. The summed E-state index contributed by atoms with van der Waals surface area (Å²) < 4.78 is 28.5. The fraction of sp³-hybridized carbons (Fsp3) is 0.333. The molecule has 0 N–H and O–H groups in total. The summed E-state index contributed by atoms with van der Waals surface area (Å²) >= 11 is 1.39. The summed E-state index contributed by atoms with van der Waals surface area (Å²) in [5, 5.41) is 2.35. The van der Waals surface area contributed by atoms with Crippen molar-refractivity contribution in [3.8, 4) is 0 Å². The molecule has 0 atom stereocenters. The molecule has 0 aliphatic carbocycles. The van der Waals surface area contributed by atoms with E-state index in [-0.39, 0.29) is 61.3 Å². The lowest BCUT2D eigenvalue weighted by Gasteiger charge is -2.34. The van der Waals surface area contributed by atoms with Crippen LogP contribution in [0.4, 0.5) is 0 Å². The molecule has 3 heterocycles. The summed E-state index contributed by atoms with van der Waals surface area (Å²) in [4.78, 5) is 43.1. The van der Waals surface area contributed by atoms with Crippen molar-refractivity contribution in [2.45, 2.75) is 24.8 Å². The first-order chi connectivity index (χ1) is 15.3. The Morgan fingerprint density at radius 3 is 2.41 bits per heavy atom. The second-order valence-corrected chi connectivity index (χ2v) is 10.3. The minimum Gasteiger partial charge on any atom is -0.340 e. The predicted molar refractivity (Wildman–Crippen MR) is 120 cm³/mol. The van der Waals surface area contributed by atoms with Crippen molar-refractivity contribution >= 4 is 43.3 Å². The smallest absolute Gasteiger partial charge is 0.262 e. The molecule has 4 rings (SSSR count). The Morgan fingerprint density at radius 1 is 1.06 bits per heavy atom. The van der Waals surface area contributed by atoms with Crippen molar-refractivity contribution in [3.05, 3.63) is 58.0 Å². The quantitative estimate of drug-likeness (QED) is 0.502. The predicted octanol–water partition coefficient (Wildman–Crippen LogP) is 1.58. The van der Waals surface area contributed by atoms with Crippen molar-refractivity contribution in [3.63, 3.8) is 0 Å². The summed E-state index contributed by atoms with van der Waals surface area (Å²) in [6, 6.07) is 7.58. The van der Waals surface area contributed by atoms with E-state index in [1.165, 1.54) is 57.7 Å². The van der Waals surface area contributed by atoms with Gasteiger partial charge < -0.3 is 4.90 Å². The molecule has 1 aromatic carbocycles. The molecular formula is C21H22N4O5S2. The van der Waals surface area contributed by atoms with Crippen LogP contribution in [0.5, 0.6) is 0 Å². The maximum atomic E-state index is 12.9.